The maximum absolute atomic E-state index is 11.6. The number of hydrogen-bond donors (Lipinski definition) is 1. The summed E-state index contributed by atoms with van der Waals surface area (Å²) in [5.41, 5.74) is 3.40. The molecule has 0 aliphatic heterocycles. The fourth-order valence-corrected chi connectivity index (χ4v) is 2.56. The van der Waals surface area contributed by atoms with Gasteiger partial charge in [0.25, 0.3) is 0 Å². The number of rotatable bonds is 6. The highest BCUT2D eigenvalue weighted by molar-refractivity contribution is 7.99. The van der Waals surface area contributed by atoms with Crippen LogP contribution in [-0.4, -0.2) is 17.9 Å². The Bertz CT molecular complexity index is 599. The highest BCUT2D eigenvalue weighted by Gasteiger charge is 2.00. The Hall–Kier alpha value is -1.78. The lowest BCUT2D eigenvalue weighted by Crippen LogP contribution is -2.17. The van der Waals surface area contributed by atoms with Crippen molar-refractivity contribution in [1.82, 2.24) is 5.43 Å². The van der Waals surface area contributed by atoms with Gasteiger partial charge in [0.1, 0.15) is 0 Å². The van der Waals surface area contributed by atoms with Crippen molar-refractivity contribution < 1.29 is 4.79 Å². The molecule has 1 amide bonds. The lowest BCUT2D eigenvalue weighted by Gasteiger charge is -2.01. The standard InChI is InChI=1S/C16H15ClN2OS/c17-14-8-6-13(7-9-14)12-18-19-16(20)10-11-21-15-4-2-1-3-5-15/h1-9,12H,10-11H2,(H,19,20)/b18-12-. The van der Waals surface area contributed by atoms with Gasteiger partial charge in [-0.05, 0) is 29.8 Å². The number of thioether (sulfide) groups is 1. The molecule has 0 spiro atoms. The number of carbonyl (C=O) groups excluding carboxylic acids is 1. The zero-order chi connectivity index (χ0) is 14.9. The van der Waals surface area contributed by atoms with Gasteiger partial charge in [0, 0.05) is 22.1 Å². The van der Waals surface area contributed by atoms with Crippen molar-refractivity contribution in [3.63, 3.8) is 0 Å². The van der Waals surface area contributed by atoms with E-state index in [0.29, 0.717) is 11.4 Å². The number of amides is 1. The van der Waals surface area contributed by atoms with E-state index in [2.05, 4.69) is 10.5 Å². The quantitative estimate of drug-likeness (QED) is 0.497. The van der Waals surface area contributed by atoms with E-state index in [0.717, 1.165) is 16.2 Å². The highest BCUT2D eigenvalue weighted by Crippen LogP contribution is 2.17. The summed E-state index contributed by atoms with van der Waals surface area (Å²) in [4.78, 5) is 12.8. The zero-order valence-corrected chi connectivity index (χ0v) is 12.9. The molecule has 0 aliphatic rings. The second-order valence-corrected chi connectivity index (χ2v) is 5.86. The first-order valence-corrected chi connectivity index (χ1v) is 7.86. The molecule has 0 bridgehead atoms. The minimum atomic E-state index is -0.0938. The van der Waals surface area contributed by atoms with Gasteiger partial charge in [-0.25, -0.2) is 5.43 Å². The van der Waals surface area contributed by atoms with Crippen molar-refractivity contribution >= 4 is 35.5 Å². The molecule has 0 radical (unpaired) electrons. The second kappa shape index (κ2) is 8.49. The van der Waals surface area contributed by atoms with Crippen LogP contribution in [0, 0.1) is 0 Å². The third kappa shape index (κ3) is 6.02. The van der Waals surface area contributed by atoms with E-state index < -0.39 is 0 Å². The first kappa shape index (κ1) is 15.6. The predicted molar refractivity (Wildman–Crippen MR) is 89.0 cm³/mol. The molecule has 21 heavy (non-hydrogen) atoms. The molecule has 0 saturated carbocycles. The normalized spacial score (nSPS) is 10.7. The molecule has 0 saturated heterocycles. The molecule has 0 atom stereocenters. The number of nitrogens with one attached hydrogen (secondary N) is 1. The Morgan fingerprint density at radius 1 is 1.14 bits per heavy atom. The summed E-state index contributed by atoms with van der Waals surface area (Å²) in [6.07, 6.45) is 2.02. The van der Waals surface area contributed by atoms with Crippen LogP contribution in [0.25, 0.3) is 0 Å². The van der Waals surface area contributed by atoms with Crippen molar-refractivity contribution in [2.45, 2.75) is 11.3 Å². The summed E-state index contributed by atoms with van der Waals surface area (Å²) in [7, 11) is 0. The van der Waals surface area contributed by atoms with Crippen LogP contribution in [-0.2, 0) is 4.79 Å². The van der Waals surface area contributed by atoms with Crippen molar-refractivity contribution in [3.05, 3.63) is 65.2 Å². The van der Waals surface area contributed by atoms with Gasteiger partial charge >= 0.3 is 0 Å². The van der Waals surface area contributed by atoms with E-state index in [4.69, 9.17) is 11.6 Å². The van der Waals surface area contributed by atoms with Crippen LogP contribution in [0.4, 0.5) is 0 Å². The van der Waals surface area contributed by atoms with E-state index in [9.17, 15) is 4.79 Å². The predicted octanol–water partition coefficient (Wildman–Crippen LogP) is 3.97. The lowest BCUT2D eigenvalue weighted by molar-refractivity contribution is -0.120. The third-order valence-electron chi connectivity index (χ3n) is 2.61. The third-order valence-corrected chi connectivity index (χ3v) is 3.88. The van der Waals surface area contributed by atoms with Gasteiger partial charge in [0.15, 0.2) is 0 Å². The molecule has 3 nitrogen and oxygen atoms in total. The molecule has 2 rings (SSSR count). The van der Waals surface area contributed by atoms with Crippen LogP contribution in [0.3, 0.4) is 0 Å². The molecule has 0 unspecified atom stereocenters. The summed E-state index contributed by atoms with van der Waals surface area (Å²) in [6, 6.07) is 17.2. The van der Waals surface area contributed by atoms with Crippen molar-refractivity contribution in [2.24, 2.45) is 5.10 Å². The molecule has 2 aromatic carbocycles. The summed E-state index contributed by atoms with van der Waals surface area (Å²) in [5, 5.41) is 4.60. The zero-order valence-electron chi connectivity index (χ0n) is 11.3. The maximum Gasteiger partial charge on any atom is 0.240 e. The van der Waals surface area contributed by atoms with Crippen LogP contribution >= 0.6 is 23.4 Å². The molecule has 1 N–H and O–H groups in total. The van der Waals surface area contributed by atoms with Crippen LogP contribution in [0.1, 0.15) is 12.0 Å². The SMILES string of the molecule is O=C(CCSc1ccccc1)N/N=C\c1ccc(Cl)cc1. The summed E-state index contributed by atoms with van der Waals surface area (Å²) >= 11 is 7.44. The van der Waals surface area contributed by atoms with Gasteiger partial charge in [-0.3, -0.25) is 4.79 Å². The van der Waals surface area contributed by atoms with Gasteiger partial charge in [-0.15, -0.1) is 11.8 Å². The number of halogens is 1. The first-order chi connectivity index (χ1) is 10.2. The highest BCUT2D eigenvalue weighted by atomic mass is 35.5. The minimum absolute atomic E-state index is 0.0938. The van der Waals surface area contributed by atoms with Crippen molar-refractivity contribution in [1.29, 1.82) is 0 Å². The molecule has 0 heterocycles. The fourth-order valence-electron chi connectivity index (χ4n) is 1.56. The van der Waals surface area contributed by atoms with Crippen LogP contribution < -0.4 is 5.43 Å². The average Bonchev–Trinajstić information content (AvgIpc) is 2.50. The summed E-state index contributed by atoms with van der Waals surface area (Å²) in [6.45, 7) is 0. The van der Waals surface area contributed by atoms with E-state index in [1.54, 1.807) is 30.1 Å². The summed E-state index contributed by atoms with van der Waals surface area (Å²) in [5.74, 6) is 0.635. The van der Waals surface area contributed by atoms with Crippen LogP contribution in [0.15, 0.2) is 64.6 Å². The van der Waals surface area contributed by atoms with E-state index in [1.807, 2.05) is 42.5 Å². The van der Waals surface area contributed by atoms with Gasteiger partial charge in [-0.2, -0.15) is 5.10 Å². The van der Waals surface area contributed by atoms with Gasteiger partial charge in [0.05, 0.1) is 6.21 Å². The Labute approximate surface area is 133 Å². The van der Waals surface area contributed by atoms with E-state index >= 15 is 0 Å². The molecule has 0 fully saturated rings. The van der Waals surface area contributed by atoms with E-state index in [-0.39, 0.29) is 5.91 Å². The van der Waals surface area contributed by atoms with Crippen LogP contribution in [0.5, 0.6) is 0 Å². The largest absolute Gasteiger partial charge is 0.273 e. The topological polar surface area (TPSA) is 41.5 Å². The molecule has 108 valence electrons. The molecule has 5 heteroatoms. The Morgan fingerprint density at radius 3 is 2.57 bits per heavy atom. The first-order valence-electron chi connectivity index (χ1n) is 6.49. The van der Waals surface area contributed by atoms with Gasteiger partial charge in [-0.1, -0.05) is 41.9 Å². The smallest absolute Gasteiger partial charge is 0.240 e. The Balaban J connectivity index is 1.69. The Kier molecular flexibility index (Phi) is 6.31. The van der Waals surface area contributed by atoms with Gasteiger partial charge in [0.2, 0.25) is 5.91 Å². The fraction of sp³-hybridized carbons (Fsp3) is 0.125. The molecule has 2 aromatic rings. The van der Waals surface area contributed by atoms with Gasteiger partial charge < -0.3 is 0 Å². The monoisotopic (exact) mass is 318 g/mol. The molecule has 0 aromatic heterocycles. The maximum atomic E-state index is 11.6. The van der Waals surface area contributed by atoms with Crippen molar-refractivity contribution in [3.8, 4) is 0 Å². The molecular formula is C16H15ClN2OS. The minimum Gasteiger partial charge on any atom is -0.273 e. The molecule has 0 aliphatic carbocycles. The summed E-state index contributed by atoms with van der Waals surface area (Å²) < 4.78 is 0. The second-order valence-electron chi connectivity index (χ2n) is 4.26. The number of hydrazone groups is 1. The average molecular weight is 319 g/mol. The molecular weight excluding hydrogens is 304 g/mol. The number of benzene rings is 2. The Morgan fingerprint density at radius 2 is 1.86 bits per heavy atom. The lowest BCUT2D eigenvalue weighted by atomic mass is 10.2. The van der Waals surface area contributed by atoms with E-state index in [1.165, 1.54) is 0 Å². The van der Waals surface area contributed by atoms with Crippen molar-refractivity contribution in [2.75, 3.05) is 5.75 Å². The number of nitrogens with zero attached hydrogens (tertiary/aromatic N) is 1. The number of hydrogen-bond acceptors (Lipinski definition) is 3. The van der Waals surface area contributed by atoms with Crippen LogP contribution in [0.2, 0.25) is 5.02 Å². The number of carbonyl (C=O) groups is 1.